The first kappa shape index (κ1) is 13.5. The van der Waals surface area contributed by atoms with Gasteiger partial charge in [-0.3, -0.25) is 0 Å². The minimum atomic E-state index is -3.41. The lowest BCUT2D eigenvalue weighted by atomic mass is 9.86. The standard InChI is InChI=1S/C13H19NO3S/c1-10(15)12-5-7-13(8-6-12)18(16,17)14-9-11-3-2-4-11/h5-8,10-11,14-15H,2-4,9H2,1H3. The molecule has 18 heavy (non-hydrogen) atoms. The fourth-order valence-corrected chi connectivity index (χ4v) is 3.05. The predicted octanol–water partition coefficient (Wildman–Crippen LogP) is 1.82. The molecule has 2 N–H and O–H groups in total. The van der Waals surface area contributed by atoms with E-state index >= 15 is 0 Å². The second kappa shape index (κ2) is 5.38. The van der Waals surface area contributed by atoms with Crippen molar-refractivity contribution in [2.24, 2.45) is 5.92 Å². The molecule has 100 valence electrons. The average molecular weight is 269 g/mol. The third kappa shape index (κ3) is 3.10. The summed E-state index contributed by atoms with van der Waals surface area (Å²) in [5.41, 5.74) is 0.716. The summed E-state index contributed by atoms with van der Waals surface area (Å²) in [4.78, 5) is 0.256. The number of aliphatic hydroxyl groups excluding tert-OH is 1. The fraction of sp³-hybridized carbons (Fsp3) is 0.538. The molecule has 1 aromatic carbocycles. The van der Waals surface area contributed by atoms with E-state index < -0.39 is 16.1 Å². The Morgan fingerprint density at radius 2 is 1.94 bits per heavy atom. The number of aliphatic hydroxyl groups is 1. The number of hydrogen-bond acceptors (Lipinski definition) is 3. The summed E-state index contributed by atoms with van der Waals surface area (Å²) >= 11 is 0. The number of rotatable bonds is 5. The molecule has 1 aliphatic rings. The number of hydrogen-bond donors (Lipinski definition) is 2. The molecular weight excluding hydrogens is 250 g/mol. The number of nitrogens with one attached hydrogen (secondary N) is 1. The van der Waals surface area contributed by atoms with Crippen molar-refractivity contribution in [2.45, 2.75) is 37.2 Å². The summed E-state index contributed by atoms with van der Waals surface area (Å²) in [6.07, 6.45) is 2.85. The van der Waals surface area contributed by atoms with Crippen LogP contribution >= 0.6 is 0 Å². The third-order valence-corrected chi connectivity index (χ3v) is 4.90. The predicted molar refractivity (Wildman–Crippen MR) is 69.6 cm³/mol. The maximum absolute atomic E-state index is 12.0. The minimum Gasteiger partial charge on any atom is -0.389 e. The zero-order valence-corrected chi connectivity index (χ0v) is 11.3. The van der Waals surface area contributed by atoms with Crippen molar-refractivity contribution >= 4 is 10.0 Å². The molecule has 0 radical (unpaired) electrons. The van der Waals surface area contributed by atoms with Crippen molar-refractivity contribution in [1.82, 2.24) is 4.72 Å². The highest BCUT2D eigenvalue weighted by Gasteiger charge is 2.21. The molecule has 1 unspecified atom stereocenters. The van der Waals surface area contributed by atoms with Crippen LogP contribution < -0.4 is 4.72 Å². The van der Waals surface area contributed by atoms with Gasteiger partial charge in [-0.2, -0.15) is 0 Å². The Kier molecular flexibility index (Phi) is 4.04. The Balaban J connectivity index is 2.03. The van der Waals surface area contributed by atoms with E-state index in [4.69, 9.17) is 0 Å². The van der Waals surface area contributed by atoms with Gasteiger partial charge in [0, 0.05) is 6.54 Å². The molecule has 1 aliphatic carbocycles. The van der Waals surface area contributed by atoms with Crippen molar-refractivity contribution in [3.63, 3.8) is 0 Å². The number of benzene rings is 1. The van der Waals surface area contributed by atoms with Crippen LogP contribution in [0.2, 0.25) is 0 Å². The molecule has 4 nitrogen and oxygen atoms in total. The van der Waals surface area contributed by atoms with Crippen molar-refractivity contribution in [1.29, 1.82) is 0 Å². The Morgan fingerprint density at radius 1 is 1.33 bits per heavy atom. The van der Waals surface area contributed by atoms with Crippen molar-refractivity contribution in [2.75, 3.05) is 6.54 Å². The van der Waals surface area contributed by atoms with Crippen LogP contribution in [0.25, 0.3) is 0 Å². The van der Waals surface area contributed by atoms with Crippen molar-refractivity contribution in [3.05, 3.63) is 29.8 Å². The molecule has 0 spiro atoms. The van der Waals surface area contributed by atoms with Gasteiger partial charge in [0.05, 0.1) is 11.0 Å². The van der Waals surface area contributed by atoms with Crippen LogP contribution in [0.3, 0.4) is 0 Å². The summed E-state index contributed by atoms with van der Waals surface area (Å²) in [5.74, 6) is 0.497. The van der Waals surface area contributed by atoms with Crippen LogP contribution in [-0.2, 0) is 10.0 Å². The van der Waals surface area contributed by atoms with E-state index in [9.17, 15) is 13.5 Å². The Hall–Kier alpha value is -0.910. The summed E-state index contributed by atoms with van der Waals surface area (Å²) in [7, 11) is -3.41. The SMILES string of the molecule is CC(O)c1ccc(S(=O)(=O)NCC2CCC2)cc1. The van der Waals surface area contributed by atoms with E-state index in [0.29, 0.717) is 18.0 Å². The molecule has 0 bridgehead atoms. The van der Waals surface area contributed by atoms with E-state index in [1.165, 1.54) is 18.6 Å². The molecule has 1 saturated carbocycles. The molecule has 0 aliphatic heterocycles. The van der Waals surface area contributed by atoms with E-state index in [2.05, 4.69) is 4.72 Å². The second-order valence-corrected chi connectivity index (χ2v) is 6.66. The minimum absolute atomic E-state index is 0.256. The maximum Gasteiger partial charge on any atom is 0.240 e. The number of sulfonamides is 1. The van der Waals surface area contributed by atoms with Gasteiger partial charge < -0.3 is 5.11 Å². The van der Waals surface area contributed by atoms with Gasteiger partial charge in [-0.25, -0.2) is 13.1 Å². The monoisotopic (exact) mass is 269 g/mol. The van der Waals surface area contributed by atoms with Gasteiger partial charge in [-0.05, 0) is 43.4 Å². The van der Waals surface area contributed by atoms with Gasteiger partial charge in [0.1, 0.15) is 0 Å². The fourth-order valence-electron chi connectivity index (χ4n) is 1.93. The first-order valence-corrected chi connectivity index (χ1v) is 7.75. The molecule has 2 rings (SSSR count). The quantitative estimate of drug-likeness (QED) is 0.857. The first-order valence-electron chi connectivity index (χ1n) is 6.27. The molecule has 1 aromatic rings. The summed E-state index contributed by atoms with van der Waals surface area (Å²) in [6.45, 7) is 2.18. The van der Waals surface area contributed by atoms with Crippen LogP contribution in [0.1, 0.15) is 37.9 Å². The molecule has 0 saturated heterocycles. The summed E-state index contributed by atoms with van der Waals surface area (Å²) < 4.78 is 26.6. The molecule has 1 fully saturated rings. The van der Waals surface area contributed by atoms with Crippen molar-refractivity contribution in [3.8, 4) is 0 Å². The van der Waals surface area contributed by atoms with Gasteiger partial charge in [-0.1, -0.05) is 18.6 Å². The lowest BCUT2D eigenvalue weighted by molar-refractivity contribution is 0.199. The van der Waals surface area contributed by atoms with Crippen LogP contribution in [0.4, 0.5) is 0 Å². The van der Waals surface area contributed by atoms with E-state index in [1.807, 2.05) is 0 Å². The molecule has 0 amide bonds. The Bertz CT molecular complexity index is 489. The highest BCUT2D eigenvalue weighted by atomic mass is 32.2. The smallest absolute Gasteiger partial charge is 0.240 e. The average Bonchev–Trinajstić information content (AvgIpc) is 2.27. The largest absolute Gasteiger partial charge is 0.389 e. The van der Waals surface area contributed by atoms with Gasteiger partial charge in [0.15, 0.2) is 0 Å². The van der Waals surface area contributed by atoms with E-state index in [-0.39, 0.29) is 4.90 Å². The van der Waals surface area contributed by atoms with Crippen LogP contribution in [0.5, 0.6) is 0 Å². The lowest BCUT2D eigenvalue weighted by Gasteiger charge is -2.25. The summed E-state index contributed by atoms with van der Waals surface area (Å²) in [5, 5.41) is 9.37. The second-order valence-electron chi connectivity index (χ2n) is 4.89. The van der Waals surface area contributed by atoms with Gasteiger partial charge in [0.2, 0.25) is 10.0 Å². The highest BCUT2D eigenvalue weighted by molar-refractivity contribution is 7.89. The van der Waals surface area contributed by atoms with E-state index in [1.54, 1.807) is 19.1 Å². The third-order valence-electron chi connectivity index (χ3n) is 3.46. The summed E-state index contributed by atoms with van der Waals surface area (Å²) in [6, 6.07) is 6.35. The molecular formula is C13H19NO3S. The topological polar surface area (TPSA) is 66.4 Å². The first-order chi connectivity index (χ1) is 8.49. The normalized spacial score (nSPS) is 18.3. The molecule has 0 aromatic heterocycles. The van der Waals surface area contributed by atoms with Gasteiger partial charge in [-0.15, -0.1) is 0 Å². The van der Waals surface area contributed by atoms with Crippen LogP contribution in [-0.4, -0.2) is 20.1 Å². The highest BCUT2D eigenvalue weighted by Crippen LogP contribution is 2.25. The van der Waals surface area contributed by atoms with Gasteiger partial charge >= 0.3 is 0 Å². The Morgan fingerprint density at radius 3 is 2.39 bits per heavy atom. The lowest BCUT2D eigenvalue weighted by Crippen LogP contribution is -2.32. The molecule has 5 heteroatoms. The van der Waals surface area contributed by atoms with Gasteiger partial charge in [0.25, 0.3) is 0 Å². The molecule has 0 heterocycles. The van der Waals surface area contributed by atoms with Crippen LogP contribution in [0, 0.1) is 5.92 Å². The maximum atomic E-state index is 12.0. The van der Waals surface area contributed by atoms with Crippen LogP contribution in [0.15, 0.2) is 29.2 Å². The van der Waals surface area contributed by atoms with Crippen molar-refractivity contribution < 1.29 is 13.5 Å². The van der Waals surface area contributed by atoms with E-state index in [0.717, 1.165) is 12.8 Å². The Labute approximate surface area is 108 Å². The molecule has 1 atom stereocenters. The zero-order chi connectivity index (χ0) is 13.2. The zero-order valence-electron chi connectivity index (χ0n) is 10.5.